The zero-order valence-electron chi connectivity index (χ0n) is 10.1. The van der Waals surface area contributed by atoms with Crippen molar-refractivity contribution in [3.05, 3.63) is 30.3 Å². The van der Waals surface area contributed by atoms with Crippen LogP contribution in [0.4, 0.5) is 5.69 Å². The minimum Gasteiger partial charge on any atom is -0.481 e. The van der Waals surface area contributed by atoms with Crippen molar-refractivity contribution in [2.75, 3.05) is 5.32 Å². The first-order chi connectivity index (χ1) is 8.66. The molecule has 0 radical (unpaired) electrons. The van der Waals surface area contributed by atoms with Gasteiger partial charge in [0.25, 0.3) is 0 Å². The van der Waals surface area contributed by atoms with Crippen LogP contribution in [0.25, 0.3) is 0 Å². The third kappa shape index (κ3) is 3.09. The van der Waals surface area contributed by atoms with E-state index in [0.29, 0.717) is 25.7 Å². The van der Waals surface area contributed by atoms with Crippen LogP contribution in [0.2, 0.25) is 0 Å². The molecule has 1 aromatic carbocycles. The number of carbonyl (C=O) groups is 2. The number of para-hydroxylation sites is 1. The highest BCUT2D eigenvalue weighted by molar-refractivity contribution is 5.92. The number of hydrogen-bond acceptors (Lipinski definition) is 2. The number of nitrogens with one attached hydrogen (secondary N) is 1. The summed E-state index contributed by atoms with van der Waals surface area (Å²) >= 11 is 0. The Morgan fingerprint density at radius 2 is 1.56 bits per heavy atom. The summed E-state index contributed by atoms with van der Waals surface area (Å²) in [5.41, 5.74) is 0.794. The number of rotatable bonds is 3. The number of benzene rings is 1. The highest BCUT2D eigenvalue weighted by Gasteiger charge is 2.29. The summed E-state index contributed by atoms with van der Waals surface area (Å²) in [5, 5.41) is 11.8. The molecule has 1 aliphatic rings. The second-order valence-corrected chi connectivity index (χ2v) is 4.74. The van der Waals surface area contributed by atoms with Gasteiger partial charge in [-0.3, -0.25) is 9.59 Å². The molecule has 1 aliphatic carbocycles. The van der Waals surface area contributed by atoms with Crippen LogP contribution in [0.5, 0.6) is 0 Å². The topological polar surface area (TPSA) is 66.4 Å². The number of carbonyl (C=O) groups excluding carboxylic acids is 1. The first kappa shape index (κ1) is 12.6. The van der Waals surface area contributed by atoms with Crippen molar-refractivity contribution in [3.8, 4) is 0 Å². The molecule has 0 unspecified atom stereocenters. The fourth-order valence-corrected chi connectivity index (χ4v) is 2.37. The van der Waals surface area contributed by atoms with Crippen LogP contribution in [0.1, 0.15) is 25.7 Å². The number of amides is 1. The van der Waals surface area contributed by atoms with Crippen molar-refractivity contribution in [2.45, 2.75) is 25.7 Å². The molecular formula is C14H17NO3. The predicted octanol–water partition coefficient (Wildman–Crippen LogP) is 2.52. The summed E-state index contributed by atoms with van der Waals surface area (Å²) in [6, 6.07) is 9.34. The molecule has 0 bridgehead atoms. The Morgan fingerprint density at radius 3 is 2.11 bits per heavy atom. The monoisotopic (exact) mass is 247 g/mol. The lowest BCUT2D eigenvalue weighted by molar-refractivity contribution is -0.143. The number of anilines is 1. The van der Waals surface area contributed by atoms with Crippen molar-refractivity contribution < 1.29 is 14.7 Å². The molecule has 1 aromatic rings. The Balaban J connectivity index is 1.86. The molecule has 0 aliphatic heterocycles. The molecule has 0 heterocycles. The summed E-state index contributed by atoms with van der Waals surface area (Å²) in [4.78, 5) is 22.8. The molecule has 1 fully saturated rings. The zero-order valence-corrected chi connectivity index (χ0v) is 10.1. The summed E-state index contributed by atoms with van der Waals surface area (Å²) in [6.45, 7) is 0. The molecule has 4 nitrogen and oxygen atoms in total. The van der Waals surface area contributed by atoms with Gasteiger partial charge in [0, 0.05) is 11.6 Å². The lowest BCUT2D eigenvalue weighted by Gasteiger charge is -2.25. The van der Waals surface area contributed by atoms with E-state index in [4.69, 9.17) is 5.11 Å². The molecule has 2 rings (SSSR count). The van der Waals surface area contributed by atoms with E-state index in [1.807, 2.05) is 30.3 Å². The molecule has 0 saturated heterocycles. The number of aliphatic carboxylic acids is 1. The smallest absolute Gasteiger partial charge is 0.306 e. The van der Waals surface area contributed by atoms with Crippen LogP contribution in [0, 0.1) is 11.8 Å². The number of carboxylic acids is 1. The Bertz CT molecular complexity index is 422. The van der Waals surface area contributed by atoms with Gasteiger partial charge < -0.3 is 10.4 Å². The second kappa shape index (κ2) is 5.67. The van der Waals surface area contributed by atoms with E-state index in [0.717, 1.165) is 5.69 Å². The lowest BCUT2D eigenvalue weighted by Crippen LogP contribution is -2.29. The third-order valence-electron chi connectivity index (χ3n) is 3.49. The van der Waals surface area contributed by atoms with Gasteiger partial charge in [0.15, 0.2) is 0 Å². The van der Waals surface area contributed by atoms with Crippen molar-refractivity contribution in [1.82, 2.24) is 0 Å². The maximum atomic E-state index is 12.0. The van der Waals surface area contributed by atoms with Gasteiger partial charge in [0.2, 0.25) is 5.91 Å². The quantitative estimate of drug-likeness (QED) is 0.862. The second-order valence-electron chi connectivity index (χ2n) is 4.74. The Kier molecular flexibility index (Phi) is 3.97. The molecule has 0 atom stereocenters. The van der Waals surface area contributed by atoms with E-state index in [2.05, 4.69) is 5.32 Å². The van der Waals surface area contributed by atoms with Gasteiger partial charge in [-0.25, -0.2) is 0 Å². The van der Waals surface area contributed by atoms with Crippen molar-refractivity contribution in [1.29, 1.82) is 0 Å². The highest BCUT2D eigenvalue weighted by Crippen LogP contribution is 2.29. The number of hydrogen-bond donors (Lipinski definition) is 2. The lowest BCUT2D eigenvalue weighted by atomic mass is 9.81. The van der Waals surface area contributed by atoms with E-state index in [9.17, 15) is 9.59 Å². The highest BCUT2D eigenvalue weighted by atomic mass is 16.4. The van der Waals surface area contributed by atoms with Crippen LogP contribution in [-0.2, 0) is 9.59 Å². The van der Waals surface area contributed by atoms with Gasteiger partial charge >= 0.3 is 5.97 Å². The fraction of sp³-hybridized carbons (Fsp3) is 0.429. The molecule has 18 heavy (non-hydrogen) atoms. The average Bonchev–Trinajstić information content (AvgIpc) is 2.40. The van der Waals surface area contributed by atoms with E-state index in [-0.39, 0.29) is 17.7 Å². The molecular weight excluding hydrogens is 230 g/mol. The first-order valence-electron chi connectivity index (χ1n) is 6.25. The summed E-state index contributed by atoms with van der Waals surface area (Å²) in [7, 11) is 0. The van der Waals surface area contributed by atoms with Crippen molar-refractivity contribution >= 4 is 17.6 Å². The van der Waals surface area contributed by atoms with Gasteiger partial charge in [0.1, 0.15) is 0 Å². The molecule has 1 amide bonds. The van der Waals surface area contributed by atoms with Gasteiger partial charge in [-0.1, -0.05) is 18.2 Å². The Morgan fingerprint density at radius 1 is 1.00 bits per heavy atom. The minimum absolute atomic E-state index is 0.00467. The largest absolute Gasteiger partial charge is 0.481 e. The van der Waals surface area contributed by atoms with Crippen molar-refractivity contribution in [2.24, 2.45) is 11.8 Å². The standard InChI is InChI=1S/C14H17NO3/c16-13(15-12-4-2-1-3-5-12)10-6-8-11(9-7-10)14(17)18/h1-5,10-11H,6-9H2,(H,15,16)(H,17,18). The van der Waals surface area contributed by atoms with Crippen LogP contribution in [0.15, 0.2) is 30.3 Å². The normalized spacial score (nSPS) is 23.3. The predicted molar refractivity (Wildman–Crippen MR) is 68.2 cm³/mol. The molecule has 2 N–H and O–H groups in total. The van der Waals surface area contributed by atoms with Crippen LogP contribution in [0.3, 0.4) is 0 Å². The van der Waals surface area contributed by atoms with Gasteiger partial charge in [-0.05, 0) is 37.8 Å². The van der Waals surface area contributed by atoms with Crippen LogP contribution < -0.4 is 5.32 Å². The number of carboxylic acid groups (broad SMARTS) is 1. The van der Waals surface area contributed by atoms with Crippen molar-refractivity contribution in [3.63, 3.8) is 0 Å². The first-order valence-corrected chi connectivity index (χ1v) is 6.25. The van der Waals surface area contributed by atoms with Crippen LogP contribution >= 0.6 is 0 Å². The van der Waals surface area contributed by atoms with E-state index in [1.54, 1.807) is 0 Å². The SMILES string of the molecule is O=C(O)C1CCC(C(=O)Nc2ccccc2)CC1. The third-order valence-corrected chi connectivity index (χ3v) is 3.49. The van der Waals surface area contributed by atoms with E-state index in [1.165, 1.54) is 0 Å². The average molecular weight is 247 g/mol. The molecule has 1 saturated carbocycles. The molecule has 96 valence electrons. The minimum atomic E-state index is -0.739. The zero-order chi connectivity index (χ0) is 13.0. The Labute approximate surface area is 106 Å². The summed E-state index contributed by atoms with van der Waals surface area (Å²) < 4.78 is 0. The van der Waals surface area contributed by atoms with E-state index >= 15 is 0 Å². The summed E-state index contributed by atoms with van der Waals surface area (Å²) in [5.74, 6) is -1.06. The summed E-state index contributed by atoms with van der Waals surface area (Å²) in [6.07, 6.45) is 2.52. The van der Waals surface area contributed by atoms with Gasteiger partial charge in [0.05, 0.1) is 5.92 Å². The maximum Gasteiger partial charge on any atom is 0.306 e. The Hall–Kier alpha value is -1.84. The van der Waals surface area contributed by atoms with Crippen LogP contribution in [-0.4, -0.2) is 17.0 Å². The van der Waals surface area contributed by atoms with Gasteiger partial charge in [-0.2, -0.15) is 0 Å². The fourth-order valence-electron chi connectivity index (χ4n) is 2.37. The molecule has 4 heteroatoms. The maximum absolute atomic E-state index is 12.0. The van der Waals surface area contributed by atoms with Gasteiger partial charge in [-0.15, -0.1) is 0 Å². The molecule has 0 aromatic heterocycles. The molecule has 0 spiro atoms. The van der Waals surface area contributed by atoms with E-state index < -0.39 is 5.97 Å².